The molecule has 3 fully saturated rings. The van der Waals surface area contributed by atoms with Gasteiger partial charge in [-0.3, -0.25) is 9.59 Å². The van der Waals surface area contributed by atoms with Gasteiger partial charge in [0.25, 0.3) is 0 Å². The summed E-state index contributed by atoms with van der Waals surface area (Å²) < 4.78 is 6.48. The Morgan fingerprint density at radius 2 is 1.50 bits per heavy atom. The summed E-state index contributed by atoms with van der Waals surface area (Å²) in [5, 5.41) is 10.6. The summed E-state index contributed by atoms with van der Waals surface area (Å²) in [6.45, 7) is 9.01. The first-order chi connectivity index (χ1) is 15.2. The molecule has 0 amide bonds. The van der Waals surface area contributed by atoms with Crippen LogP contribution in [0.2, 0.25) is 0 Å². The number of allylic oxidation sites excluding steroid dienone is 2. The second-order valence-corrected chi connectivity index (χ2v) is 11.6. The van der Waals surface area contributed by atoms with Crippen molar-refractivity contribution in [1.82, 2.24) is 0 Å². The molecule has 4 aliphatic carbocycles. The molecule has 4 atom stereocenters. The van der Waals surface area contributed by atoms with Gasteiger partial charge >= 0.3 is 0 Å². The van der Waals surface area contributed by atoms with Crippen molar-refractivity contribution in [3.05, 3.63) is 22.7 Å². The molecule has 0 aromatic carbocycles. The van der Waals surface area contributed by atoms with Crippen LogP contribution in [0, 0.1) is 23.2 Å². The Bertz CT molecular complexity index is 832. The normalized spacial score (nSPS) is 32.9. The molecule has 5 aliphatic rings. The average Bonchev–Trinajstić information content (AvgIpc) is 2.76. The maximum atomic E-state index is 13.3. The standard InChI is InChI=1S/C28H42O4/c1-5-6-7-8-9-10-11-12-13-14-20-23(29)24(30)21-16-19-15-18-17-22(27(18,2)3)28(19,4)32-26(21)25(20)31/h18-19,22,29H,5-17H2,1-4H3/t18-,19+,22+,28-/m0/s1. The summed E-state index contributed by atoms with van der Waals surface area (Å²) in [5.74, 6) is 0.650. The van der Waals surface area contributed by atoms with Crippen LogP contribution in [0.5, 0.6) is 0 Å². The molecular formula is C28H42O4. The number of unbranched alkanes of at least 4 members (excludes halogenated alkanes) is 8. The van der Waals surface area contributed by atoms with Gasteiger partial charge in [-0.15, -0.1) is 0 Å². The van der Waals surface area contributed by atoms with E-state index in [0.717, 1.165) is 32.1 Å². The highest BCUT2D eigenvalue weighted by molar-refractivity contribution is 6.23. The molecule has 1 heterocycles. The fraction of sp³-hybridized carbons (Fsp3) is 0.786. The number of aliphatic hydroxyl groups is 1. The number of carbonyl (C=O) groups is 2. The third-order valence-electron chi connectivity index (χ3n) is 9.37. The lowest BCUT2D eigenvalue weighted by atomic mass is 9.41. The number of aliphatic hydroxyl groups excluding tert-OH is 1. The predicted octanol–water partition coefficient (Wildman–Crippen LogP) is 6.99. The molecule has 0 aromatic rings. The molecule has 178 valence electrons. The number of rotatable bonds is 10. The molecule has 1 N–H and O–H groups in total. The number of ether oxygens (including phenoxy) is 1. The predicted molar refractivity (Wildman–Crippen MR) is 126 cm³/mol. The Balaban J connectivity index is 1.36. The fourth-order valence-electron chi connectivity index (χ4n) is 7.06. The van der Waals surface area contributed by atoms with Crippen LogP contribution in [0.15, 0.2) is 22.7 Å². The quantitative estimate of drug-likeness (QED) is 0.293. The van der Waals surface area contributed by atoms with Gasteiger partial charge in [0.2, 0.25) is 11.6 Å². The number of hydrogen-bond donors (Lipinski definition) is 1. The van der Waals surface area contributed by atoms with Gasteiger partial charge in [-0.25, -0.2) is 0 Å². The van der Waals surface area contributed by atoms with Crippen LogP contribution in [0.1, 0.15) is 111 Å². The molecule has 2 bridgehead atoms. The first-order valence-corrected chi connectivity index (χ1v) is 13.2. The first kappa shape index (κ1) is 23.6. The van der Waals surface area contributed by atoms with Crippen molar-refractivity contribution >= 4 is 11.6 Å². The fourth-order valence-corrected chi connectivity index (χ4v) is 7.06. The van der Waals surface area contributed by atoms with Gasteiger partial charge in [0.15, 0.2) is 11.5 Å². The molecule has 32 heavy (non-hydrogen) atoms. The first-order valence-electron chi connectivity index (χ1n) is 13.2. The highest BCUT2D eigenvalue weighted by atomic mass is 16.5. The summed E-state index contributed by atoms with van der Waals surface area (Å²) >= 11 is 0. The van der Waals surface area contributed by atoms with E-state index >= 15 is 0 Å². The van der Waals surface area contributed by atoms with Gasteiger partial charge in [0, 0.05) is 23.0 Å². The number of Topliss-reactive ketones (excluding diaryl/α,β-unsaturated/α-hetero) is 2. The SMILES string of the molecule is CCCCCCCCCCCC1=C(O)C(=O)C2=C(O[C@@]3(C)[C@@H](C2)C[C@H]2C[C@@H]3C2(C)C)C1=O. The smallest absolute Gasteiger partial charge is 0.227 e. The minimum absolute atomic E-state index is 0.225. The molecule has 0 aromatic heterocycles. The summed E-state index contributed by atoms with van der Waals surface area (Å²) in [4.78, 5) is 26.3. The van der Waals surface area contributed by atoms with E-state index in [-0.39, 0.29) is 45.6 Å². The van der Waals surface area contributed by atoms with Gasteiger partial charge in [-0.05, 0) is 50.4 Å². The van der Waals surface area contributed by atoms with Crippen LogP contribution >= 0.6 is 0 Å². The highest BCUT2D eigenvalue weighted by Crippen LogP contribution is 2.68. The van der Waals surface area contributed by atoms with Gasteiger partial charge in [-0.2, -0.15) is 0 Å². The van der Waals surface area contributed by atoms with Crippen LogP contribution in [0.25, 0.3) is 0 Å². The minimum Gasteiger partial charge on any atom is -0.504 e. The summed E-state index contributed by atoms with van der Waals surface area (Å²) in [7, 11) is 0. The number of hydrogen-bond acceptors (Lipinski definition) is 4. The molecule has 4 nitrogen and oxygen atoms in total. The lowest BCUT2D eigenvalue weighted by molar-refractivity contribution is -0.238. The summed E-state index contributed by atoms with van der Waals surface area (Å²) in [6.07, 6.45) is 13.9. The Morgan fingerprint density at radius 1 is 0.875 bits per heavy atom. The Hall–Kier alpha value is -1.58. The third-order valence-corrected chi connectivity index (χ3v) is 9.37. The largest absolute Gasteiger partial charge is 0.504 e. The molecule has 0 unspecified atom stereocenters. The van der Waals surface area contributed by atoms with E-state index in [1.54, 1.807) is 0 Å². The van der Waals surface area contributed by atoms with Gasteiger partial charge < -0.3 is 9.84 Å². The van der Waals surface area contributed by atoms with E-state index in [9.17, 15) is 14.7 Å². The number of carbonyl (C=O) groups excluding carboxylic acids is 2. The zero-order valence-electron chi connectivity index (χ0n) is 20.6. The average molecular weight is 443 g/mol. The zero-order valence-corrected chi connectivity index (χ0v) is 20.6. The zero-order chi connectivity index (χ0) is 23.1. The second kappa shape index (κ2) is 8.99. The molecule has 1 aliphatic heterocycles. The third kappa shape index (κ3) is 3.86. The summed E-state index contributed by atoms with van der Waals surface area (Å²) in [6, 6.07) is 0. The Morgan fingerprint density at radius 3 is 2.12 bits per heavy atom. The van der Waals surface area contributed by atoms with Crippen molar-refractivity contribution in [2.24, 2.45) is 23.2 Å². The molecule has 3 saturated carbocycles. The van der Waals surface area contributed by atoms with Crippen LogP contribution in [0.4, 0.5) is 0 Å². The lowest BCUT2D eigenvalue weighted by Crippen LogP contribution is -2.66. The molecule has 0 radical (unpaired) electrons. The van der Waals surface area contributed by atoms with Gasteiger partial charge in [0.05, 0.1) is 0 Å². The molecule has 0 spiro atoms. The van der Waals surface area contributed by atoms with Crippen molar-refractivity contribution in [2.45, 2.75) is 117 Å². The van der Waals surface area contributed by atoms with Crippen molar-refractivity contribution in [3.63, 3.8) is 0 Å². The van der Waals surface area contributed by atoms with Crippen LogP contribution in [-0.4, -0.2) is 22.3 Å². The van der Waals surface area contributed by atoms with Crippen LogP contribution < -0.4 is 0 Å². The number of ketones is 2. The minimum atomic E-state index is -0.386. The maximum Gasteiger partial charge on any atom is 0.227 e. The van der Waals surface area contributed by atoms with E-state index < -0.39 is 0 Å². The lowest BCUT2D eigenvalue weighted by Gasteiger charge is -2.67. The van der Waals surface area contributed by atoms with E-state index in [1.165, 1.54) is 38.5 Å². The van der Waals surface area contributed by atoms with Crippen LogP contribution in [-0.2, 0) is 14.3 Å². The van der Waals surface area contributed by atoms with E-state index in [2.05, 4.69) is 27.7 Å². The van der Waals surface area contributed by atoms with Crippen molar-refractivity contribution in [2.75, 3.05) is 0 Å². The van der Waals surface area contributed by atoms with Gasteiger partial charge in [0.1, 0.15) is 5.60 Å². The summed E-state index contributed by atoms with van der Waals surface area (Å²) in [5.41, 5.74) is 0.538. The second-order valence-electron chi connectivity index (χ2n) is 11.6. The van der Waals surface area contributed by atoms with Crippen molar-refractivity contribution in [3.8, 4) is 0 Å². The Kier molecular flexibility index (Phi) is 6.62. The van der Waals surface area contributed by atoms with Gasteiger partial charge in [-0.1, -0.05) is 72.1 Å². The monoisotopic (exact) mass is 442 g/mol. The maximum absolute atomic E-state index is 13.3. The molecule has 0 saturated heterocycles. The highest BCUT2D eigenvalue weighted by Gasteiger charge is 2.66. The topological polar surface area (TPSA) is 63.6 Å². The van der Waals surface area contributed by atoms with E-state index in [1.807, 2.05) is 0 Å². The molecule has 5 rings (SSSR count). The van der Waals surface area contributed by atoms with Crippen molar-refractivity contribution < 1.29 is 19.4 Å². The van der Waals surface area contributed by atoms with E-state index in [4.69, 9.17) is 4.74 Å². The van der Waals surface area contributed by atoms with Crippen molar-refractivity contribution in [1.29, 1.82) is 0 Å². The van der Waals surface area contributed by atoms with E-state index in [0.29, 0.717) is 30.3 Å². The molecular weight excluding hydrogens is 400 g/mol. The Labute approximate surface area is 193 Å². The van der Waals surface area contributed by atoms with Crippen LogP contribution in [0.3, 0.4) is 0 Å². The molecule has 4 heteroatoms.